The monoisotopic (exact) mass is 223 g/mol. The van der Waals surface area contributed by atoms with Crippen molar-refractivity contribution in [3.05, 3.63) is 16.6 Å². The van der Waals surface area contributed by atoms with Gasteiger partial charge in [0.05, 0.1) is 5.01 Å². The van der Waals surface area contributed by atoms with E-state index in [-0.39, 0.29) is 0 Å². The predicted octanol–water partition coefficient (Wildman–Crippen LogP) is 1.20. The molecule has 4 heteroatoms. The van der Waals surface area contributed by atoms with Gasteiger partial charge in [0.1, 0.15) is 0 Å². The molecule has 1 aromatic heterocycles. The number of aromatic nitrogens is 1. The number of hydrogen-bond acceptors (Lipinski definition) is 4. The molecule has 2 N–H and O–H groups in total. The second kappa shape index (κ2) is 3.85. The molecule has 2 aliphatic heterocycles. The zero-order valence-electron chi connectivity index (χ0n) is 8.83. The van der Waals surface area contributed by atoms with Crippen molar-refractivity contribution in [2.75, 3.05) is 26.2 Å². The molecule has 0 aromatic carbocycles. The molecule has 0 amide bonds. The van der Waals surface area contributed by atoms with E-state index < -0.39 is 0 Å². The van der Waals surface area contributed by atoms with Crippen molar-refractivity contribution in [1.82, 2.24) is 15.6 Å². The Morgan fingerprint density at radius 3 is 3.07 bits per heavy atom. The highest BCUT2D eigenvalue weighted by atomic mass is 32.1. The summed E-state index contributed by atoms with van der Waals surface area (Å²) < 4.78 is 0. The van der Waals surface area contributed by atoms with Crippen LogP contribution in [0.1, 0.15) is 23.8 Å². The average molecular weight is 223 g/mol. The molecule has 3 heterocycles. The van der Waals surface area contributed by atoms with Gasteiger partial charge in [-0.05, 0) is 19.4 Å². The lowest BCUT2D eigenvalue weighted by Crippen LogP contribution is -2.44. The molecule has 3 rings (SSSR count). The van der Waals surface area contributed by atoms with E-state index in [2.05, 4.69) is 21.0 Å². The predicted molar refractivity (Wildman–Crippen MR) is 62.3 cm³/mol. The highest BCUT2D eigenvalue weighted by molar-refractivity contribution is 7.09. The number of nitrogens with one attached hydrogen (secondary N) is 2. The topological polar surface area (TPSA) is 37.0 Å². The highest BCUT2D eigenvalue weighted by Gasteiger charge is 2.45. The number of hydrogen-bond donors (Lipinski definition) is 2. The molecule has 82 valence electrons. The first-order valence-corrected chi connectivity index (χ1v) is 6.60. The van der Waals surface area contributed by atoms with Crippen LogP contribution in [0.25, 0.3) is 0 Å². The average Bonchev–Trinajstić information content (AvgIpc) is 2.88. The minimum Gasteiger partial charge on any atom is -0.316 e. The van der Waals surface area contributed by atoms with Crippen molar-refractivity contribution in [3.63, 3.8) is 0 Å². The van der Waals surface area contributed by atoms with Crippen molar-refractivity contribution in [1.29, 1.82) is 0 Å². The van der Waals surface area contributed by atoms with Gasteiger partial charge in [0.25, 0.3) is 0 Å². The van der Waals surface area contributed by atoms with Gasteiger partial charge >= 0.3 is 0 Å². The van der Waals surface area contributed by atoms with Gasteiger partial charge < -0.3 is 10.6 Å². The van der Waals surface area contributed by atoms with E-state index in [4.69, 9.17) is 0 Å². The molecular formula is C11H17N3S. The molecule has 2 atom stereocenters. The zero-order chi connectivity index (χ0) is 10.1. The zero-order valence-corrected chi connectivity index (χ0v) is 9.65. The molecule has 2 saturated heterocycles. The maximum absolute atomic E-state index is 4.50. The van der Waals surface area contributed by atoms with Crippen molar-refractivity contribution >= 4 is 11.3 Å². The van der Waals surface area contributed by atoms with E-state index in [9.17, 15) is 0 Å². The van der Waals surface area contributed by atoms with E-state index in [1.165, 1.54) is 24.4 Å². The van der Waals surface area contributed by atoms with Crippen LogP contribution in [-0.2, 0) is 0 Å². The van der Waals surface area contributed by atoms with Gasteiger partial charge in [-0.2, -0.15) is 0 Å². The van der Waals surface area contributed by atoms with Gasteiger partial charge in [-0.3, -0.25) is 0 Å². The van der Waals surface area contributed by atoms with E-state index in [0.29, 0.717) is 11.3 Å². The van der Waals surface area contributed by atoms with Gasteiger partial charge in [-0.25, -0.2) is 4.98 Å². The molecule has 0 bridgehead atoms. The lowest BCUT2D eigenvalue weighted by Gasteiger charge is -2.37. The maximum atomic E-state index is 4.50. The van der Waals surface area contributed by atoms with Crippen molar-refractivity contribution in [2.45, 2.75) is 18.8 Å². The van der Waals surface area contributed by atoms with E-state index >= 15 is 0 Å². The first-order valence-electron chi connectivity index (χ1n) is 5.72. The third kappa shape index (κ3) is 1.61. The summed E-state index contributed by atoms with van der Waals surface area (Å²) in [5, 5.41) is 10.5. The van der Waals surface area contributed by atoms with Crippen LogP contribution in [0.4, 0.5) is 0 Å². The van der Waals surface area contributed by atoms with Crippen molar-refractivity contribution in [2.24, 2.45) is 5.41 Å². The van der Waals surface area contributed by atoms with Crippen LogP contribution < -0.4 is 10.6 Å². The lowest BCUT2D eigenvalue weighted by molar-refractivity contribution is 0.208. The fraction of sp³-hybridized carbons (Fsp3) is 0.727. The van der Waals surface area contributed by atoms with Crippen LogP contribution >= 0.6 is 11.3 Å². The van der Waals surface area contributed by atoms with E-state index in [1.807, 2.05) is 17.5 Å². The Labute approximate surface area is 94.3 Å². The summed E-state index contributed by atoms with van der Waals surface area (Å²) in [7, 11) is 0. The second-order valence-electron chi connectivity index (χ2n) is 4.70. The molecule has 2 aliphatic rings. The van der Waals surface area contributed by atoms with Crippen LogP contribution in [-0.4, -0.2) is 31.2 Å². The van der Waals surface area contributed by atoms with Gasteiger partial charge in [0.2, 0.25) is 0 Å². The summed E-state index contributed by atoms with van der Waals surface area (Å²) in [4.78, 5) is 4.50. The Kier molecular flexibility index (Phi) is 2.50. The van der Waals surface area contributed by atoms with Gasteiger partial charge in [0.15, 0.2) is 0 Å². The van der Waals surface area contributed by atoms with Crippen LogP contribution in [0, 0.1) is 5.41 Å². The molecular weight excluding hydrogens is 206 g/mol. The largest absolute Gasteiger partial charge is 0.316 e. The highest BCUT2D eigenvalue weighted by Crippen LogP contribution is 2.44. The first kappa shape index (κ1) is 9.75. The van der Waals surface area contributed by atoms with E-state index in [0.717, 1.165) is 19.6 Å². The van der Waals surface area contributed by atoms with Gasteiger partial charge in [0, 0.05) is 42.5 Å². The minimum absolute atomic E-state index is 0.441. The van der Waals surface area contributed by atoms with Crippen LogP contribution in [0.5, 0.6) is 0 Å². The number of rotatable bonds is 1. The SMILES string of the molecule is c1csc(C2CNCC23CCCNC3)n1. The Morgan fingerprint density at radius 2 is 2.33 bits per heavy atom. The molecule has 3 nitrogen and oxygen atoms in total. The van der Waals surface area contributed by atoms with Crippen LogP contribution in [0.15, 0.2) is 11.6 Å². The molecule has 2 fully saturated rings. The first-order chi connectivity index (χ1) is 7.41. The summed E-state index contributed by atoms with van der Waals surface area (Å²) in [6.07, 6.45) is 4.59. The van der Waals surface area contributed by atoms with Crippen LogP contribution in [0.3, 0.4) is 0 Å². The fourth-order valence-corrected chi connectivity index (χ4v) is 3.88. The van der Waals surface area contributed by atoms with E-state index in [1.54, 1.807) is 0 Å². The second-order valence-corrected chi connectivity index (χ2v) is 5.62. The molecule has 15 heavy (non-hydrogen) atoms. The lowest BCUT2D eigenvalue weighted by atomic mass is 9.73. The molecule has 1 aromatic rings. The normalized spacial score (nSPS) is 36.1. The summed E-state index contributed by atoms with van der Waals surface area (Å²) in [5.74, 6) is 0.630. The summed E-state index contributed by atoms with van der Waals surface area (Å²) >= 11 is 1.81. The Morgan fingerprint density at radius 1 is 1.40 bits per heavy atom. The quantitative estimate of drug-likeness (QED) is 0.751. The minimum atomic E-state index is 0.441. The third-order valence-electron chi connectivity index (χ3n) is 3.82. The summed E-state index contributed by atoms with van der Waals surface area (Å²) in [5.41, 5.74) is 0.441. The fourth-order valence-electron chi connectivity index (χ4n) is 3.00. The Balaban J connectivity index is 1.87. The maximum Gasteiger partial charge on any atom is 0.0975 e. The van der Waals surface area contributed by atoms with Crippen LogP contribution in [0.2, 0.25) is 0 Å². The molecule has 0 saturated carbocycles. The van der Waals surface area contributed by atoms with Crippen molar-refractivity contribution < 1.29 is 0 Å². The number of piperidine rings is 1. The van der Waals surface area contributed by atoms with Gasteiger partial charge in [-0.15, -0.1) is 11.3 Å². The molecule has 1 spiro atoms. The Bertz CT molecular complexity index is 317. The van der Waals surface area contributed by atoms with Gasteiger partial charge in [-0.1, -0.05) is 0 Å². The molecule has 0 radical (unpaired) electrons. The molecule has 0 aliphatic carbocycles. The Hall–Kier alpha value is -0.450. The molecule has 2 unspecified atom stereocenters. The third-order valence-corrected chi connectivity index (χ3v) is 4.71. The standard InChI is InChI=1S/C11H17N3S/c1-2-11(7-12-3-1)8-13-6-9(11)10-14-4-5-15-10/h4-5,9,12-13H,1-3,6-8H2. The summed E-state index contributed by atoms with van der Waals surface area (Å²) in [6.45, 7) is 4.61. The van der Waals surface area contributed by atoms with Crippen molar-refractivity contribution in [3.8, 4) is 0 Å². The number of thiazole rings is 1. The summed E-state index contributed by atoms with van der Waals surface area (Å²) in [6, 6.07) is 0. The number of nitrogens with zero attached hydrogens (tertiary/aromatic N) is 1. The smallest absolute Gasteiger partial charge is 0.0975 e.